The van der Waals surface area contributed by atoms with E-state index in [0.29, 0.717) is 0 Å². The van der Waals surface area contributed by atoms with E-state index in [1.807, 2.05) is 0 Å². The molecule has 0 heterocycles. The Bertz CT molecular complexity index is 3880. The molecule has 0 spiro atoms. The van der Waals surface area contributed by atoms with Gasteiger partial charge in [-0.1, -0.05) is 236 Å². The van der Waals surface area contributed by atoms with Crippen LogP contribution in [0.15, 0.2) is 237 Å². The molecule has 69 heavy (non-hydrogen) atoms. The molecule has 0 heteroatoms. The predicted molar refractivity (Wildman–Crippen MR) is 303 cm³/mol. The van der Waals surface area contributed by atoms with Crippen LogP contribution in [0.5, 0.6) is 0 Å². The fraction of sp³-hybridized carbons (Fsp3) is 0.101. The molecular weight excluding hydrogens is 829 g/mol. The van der Waals surface area contributed by atoms with Crippen LogP contribution >= 0.6 is 0 Å². The lowest BCUT2D eigenvalue weighted by atomic mass is 9.84. The summed E-state index contributed by atoms with van der Waals surface area (Å²) in [6.07, 6.45) is 2.38. The number of benzene rings is 13. The summed E-state index contributed by atoms with van der Waals surface area (Å²) in [5.74, 6) is 0. The third-order valence-corrected chi connectivity index (χ3v) is 14.0. The van der Waals surface area contributed by atoms with E-state index in [0.717, 1.165) is 0 Å². The summed E-state index contributed by atoms with van der Waals surface area (Å²) in [6, 6.07) is 84.3. The molecule has 0 atom stereocenters. The molecule has 13 aromatic carbocycles. The Morgan fingerprint density at radius 1 is 0.246 bits per heavy atom. The van der Waals surface area contributed by atoms with E-state index in [-0.39, 0.29) is 0 Å². The molecule has 1 aliphatic rings. The molecule has 0 radical (unpaired) electrons. The summed E-state index contributed by atoms with van der Waals surface area (Å²) >= 11 is 0. The van der Waals surface area contributed by atoms with Gasteiger partial charge in [0.05, 0.1) is 0 Å². The third-order valence-electron chi connectivity index (χ3n) is 14.0. The quantitative estimate of drug-likeness (QED) is 0.105. The van der Waals surface area contributed by atoms with Gasteiger partial charge in [0.15, 0.2) is 0 Å². The standard InChI is InChI=1S/C17H14.2C15H12.2C11H10/c1-11-5-6-14-8-7-12-3-2-4-13-9-10-15(11)17(14)16(12)13;1-11-14-8-4-2-6-12(14)10-13-7-3-5-9-15(11)13;1-11-10-12-6-2-3-8-14(12)15-9-5-4-7-13(11)15;1-9-5-4-7-10-6-2-3-8-11(9)10;1-9-6-7-10-4-2-3-5-11(10)8-9/h2-8H,9-10H2,1H3;2*2-10H,1H3;2*2-8H,1H3. The molecule has 0 saturated carbocycles. The summed E-state index contributed by atoms with van der Waals surface area (Å²) in [6.45, 7) is 10.9. The topological polar surface area (TPSA) is 0 Å². The van der Waals surface area contributed by atoms with E-state index in [2.05, 4.69) is 271 Å². The first-order chi connectivity index (χ1) is 33.8. The Hall–Kier alpha value is -8.06. The summed E-state index contributed by atoms with van der Waals surface area (Å²) in [7, 11) is 0. The summed E-state index contributed by atoms with van der Waals surface area (Å²) in [4.78, 5) is 0. The van der Waals surface area contributed by atoms with E-state index in [9.17, 15) is 0 Å². The fourth-order valence-electron chi connectivity index (χ4n) is 10.4. The number of hydrogen-bond acceptors (Lipinski definition) is 0. The van der Waals surface area contributed by atoms with E-state index < -0.39 is 0 Å². The zero-order valence-electron chi connectivity index (χ0n) is 40.4. The molecule has 14 rings (SSSR count). The molecule has 0 bridgehead atoms. The van der Waals surface area contributed by atoms with Crippen molar-refractivity contribution in [1.29, 1.82) is 0 Å². The molecule has 0 aromatic heterocycles. The van der Waals surface area contributed by atoms with Gasteiger partial charge in [-0.2, -0.15) is 0 Å². The summed E-state index contributed by atoms with van der Waals surface area (Å²) in [5.41, 5.74) is 9.93. The lowest BCUT2D eigenvalue weighted by Crippen LogP contribution is -2.02. The van der Waals surface area contributed by atoms with Crippen LogP contribution in [0, 0.1) is 34.6 Å². The second kappa shape index (κ2) is 20.0. The Balaban J connectivity index is 0.000000101. The first kappa shape index (κ1) is 44.8. The Labute approximate surface area is 407 Å². The van der Waals surface area contributed by atoms with Crippen molar-refractivity contribution in [3.05, 3.63) is 276 Å². The van der Waals surface area contributed by atoms with E-state index in [4.69, 9.17) is 0 Å². The highest BCUT2D eigenvalue weighted by molar-refractivity contribution is 6.12. The van der Waals surface area contributed by atoms with Crippen LogP contribution in [0.2, 0.25) is 0 Å². The molecule has 1 aliphatic carbocycles. The van der Waals surface area contributed by atoms with Crippen LogP contribution in [0.25, 0.3) is 86.2 Å². The van der Waals surface area contributed by atoms with Gasteiger partial charge in [-0.15, -0.1) is 0 Å². The van der Waals surface area contributed by atoms with Crippen LogP contribution in [0.1, 0.15) is 38.9 Å². The molecule has 0 aliphatic heterocycles. The van der Waals surface area contributed by atoms with Crippen molar-refractivity contribution in [2.45, 2.75) is 47.5 Å². The minimum atomic E-state index is 1.19. The number of aryl methyl sites for hydroxylation is 7. The molecule has 13 aromatic rings. The molecule has 0 nitrogen and oxygen atoms in total. The molecule has 0 N–H and O–H groups in total. The predicted octanol–water partition coefficient (Wildman–Crippen LogP) is 19.3. The number of rotatable bonds is 0. The molecule has 0 saturated heterocycles. The molecule has 0 fully saturated rings. The average molecular weight is 887 g/mol. The van der Waals surface area contributed by atoms with Crippen LogP contribution < -0.4 is 0 Å². The molecule has 334 valence electrons. The van der Waals surface area contributed by atoms with Gasteiger partial charge in [-0.05, 0) is 173 Å². The first-order valence-corrected chi connectivity index (χ1v) is 24.4. The van der Waals surface area contributed by atoms with Crippen molar-refractivity contribution in [1.82, 2.24) is 0 Å². The monoisotopic (exact) mass is 886 g/mol. The maximum Gasteiger partial charge on any atom is -0.00678 e. The number of hydrogen-bond donors (Lipinski definition) is 0. The summed E-state index contributed by atoms with van der Waals surface area (Å²) < 4.78 is 0. The highest BCUT2D eigenvalue weighted by Gasteiger charge is 2.16. The van der Waals surface area contributed by atoms with E-state index >= 15 is 0 Å². The van der Waals surface area contributed by atoms with Crippen molar-refractivity contribution in [2.75, 3.05) is 0 Å². The number of fused-ring (bicyclic) bond motifs is 7. The molecule has 0 unspecified atom stereocenters. The normalized spacial score (nSPS) is 11.4. The van der Waals surface area contributed by atoms with Crippen LogP contribution in [-0.2, 0) is 12.8 Å². The van der Waals surface area contributed by atoms with Gasteiger partial charge in [-0.3, -0.25) is 0 Å². The highest BCUT2D eigenvalue weighted by Crippen LogP contribution is 2.37. The van der Waals surface area contributed by atoms with Crippen molar-refractivity contribution >= 4 is 86.2 Å². The zero-order valence-corrected chi connectivity index (χ0v) is 40.4. The Morgan fingerprint density at radius 3 is 1.41 bits per heavy atom. The van der Waals surface area contributed by atoms with Gasteiger partial charge >= 0.3 is 0 Å². The lowest BCUT2D eigenvalue weighted by molar-refractivity contribution is 0.957. The van der Waals surface area contributed by atoms with Crippen molar-refractivity contribution in [3.63, 3.8) is 0 Å². The van der Waals surface area contributed by atoms with Gasteiger partial charge in [0, 0.05) is 0 Å². The van der Waals surface area contributed by atoms with Gasteiger partial charge in [0.2, 0.25) is 0 Å². The molecule has 0 amide bonds. The van der Waals surface area contributed by atoms with Crippen molar-refractivity contribution < 1.29 is 0 Å². The van der Waals surface area contributed by atoms with Gasteiger partial charge in [0.25, 0.3) is 0 Å². The minimum absolute atomic E-state index is 1.19. The largest absolute Gasteiger partial charge is 0.0616 e. The van der Waals surface area contributed by atoms with Crippen LogP contribution in [0.4, 0.5) is 0 Å². The Morgan fingerprint density at radius 2 is 0.725 bits per heavy atom. The zero-order chi connectivity index (χ0) is 47.3. The average Bonchev–Trinajstić information content (AvgIpc) is 3.40. The maximum absolute atomic E-state index is 2.28. The van der Waals surface area contributed by atoms with E-state index in [1.54, 1.807) is 5.56 Å². The third kappa shape index (κ3) is 9.45. The first-order valence-electron chi connectivity index (χ1n) is 24.4. The fourth-order valence-corrected chi connectivity index (χ4v) is 10.4. The van der Waals surface area contributed by atoms with Gasteiger partial charge in [0.1, 0.15) is 0 Å². The lowest BCUT2D eigenvalue weighted by Gasteiger charge is -2.20. The maximum atomic E-state index is 2.28. The SMILES string of the molecule is Cc1c2ccccc2cc2ccccc12.Cc1cc2ccccc2c2ccccc12.Cc1ccc2ccc3cccc4c3c2c1CC4.Cc1ccc2ccccc2c1.Cc1cccc2ccccc12. The minimum Gasteiger partial charge on any atom is -0.0616 e. The van der Waals surface area contributed by atoms with Gasteiger partial charge in [-0.25, -0.2) is 0 Å². The van der Waals surface area contributed by atoms with Crippen molar-refractivity contribution in [3.8, 4) is 0 Å². The van der Waals surface area contributed by atoms with Crippen LogP contribution in [-0.4, -0.2) is 0 Å². The van der Waals surface area contributed by atoms with E-state index in [1.165, 1.54) is 132 Å². The van der Waals surface area contributed by atoms with Gasteiger partial charge < -0.3 is 0 Å². The second-order valence-electron chi connectivity index (χ2n) is 18.6. The highest BCUT2D eigenvalue weighted by atomic mass is 14.2. The summed E-state index contributed by atoms with van der Waals surface area (Å²) in [5, 5.41) is 21.9. The van der Waals surface area contributed by atoms with Crippen LogP contribution in [0.3, 0.4) is 0 Å². The Kier molecular flexibility index (Phi) is 13.0. The smallest absolute Gasteiger partial charge is 0.00678 e. The molecular formula is C69H58. The second-order valence-corrected chi connectivity index (χ2v) is 18.6. The van der Waals surface area contributed by atoms with Crippen molar-refractivity contribution in [2.24, 2.45) is 0 Å².